The Morgan fingerprint density at radius 1 is 1.31 bits per heavy atom. The van der Waals surface area contributed by atoms with E-state index in [0.29, 0.717) is 0 Å². The number of benzene rings is 1. The van der Waals surface area contributed by atoms with Crippen molar-refractivity contribution in [3.63, 3.8) is 0 Å². The molecule has 0 fully saturated rings. The molecular formula is C8H5ClNO2Te+. The van der Waals surface area contributed by atoms with Crippen LogP contribution in [0.1, 0.15) is 0 Å². The molecule has 0 radical (unpaired) electrons. The van der Waals surface area contributed by atoms with Gasteiger partial charge in [-0.05, 0) is 0 Å². The molecule has 0 unspecified atom stereocenters. The summed E-state index contributed by atoms with van der Waals surface area (Å²) in [6.45, 7) is 0. The summed E-state index contributed by atoms with van der Waals surface area (Å²) in [6.07, 6.45) is 1.67. The fourth-order valence-electron chi connectivity index (χ4n) is 1.39. The molecular weight excluding hydrogens is 305 g/mol. The van der Waals surface area contributed by atoms with E-state index in [2.05, 4.69) is 5.48 Å². The third kappa shape index (κ3) is 1.07. The third-order valence-corrected chi connectivity index (χ3v) is 6.14. The first-order chi connectivity index (χ1) is 6.36. The number of fused-ring (bicyclic) bond motifs is 3. The number of anilines is 1. The van der Waals surface area contributed by atoms with Gasteiger partial charge in [-0.15, -0.1) is 0 Å². The first-order valence-electron chi connectivity index (χ1n) is 3.70. The van der Waals surface area contributed by atoms with Crippen molar-refractivity contribution in [3.05, 3.63) is 24.5 Å². The van der Waals surface area contributed by atoms with Crippen molar-refractivity contribution >= 4 is 48.1 Å². The van der Waals surface area contributed by atoms with Gasteiger partial charge >= 0.3 is 85.6 Å². The van der Waals surface area contributed by atoms with Crippen molar-refractivity contribution in [2.24, 2.45) is 0 Å². The van der Waals surface area contributed by atoms with Gasteiger partial charge in [0.2, 0.25) is 0 Å². The van der Waals surface area contributed by atoms with Gasteiger partial charge in [-0.3, -0.25) is 0 Å². The number of rotatable bonds is 0. The van der Waals surface area contributed by atoms with E-state index in [9.17, 15) is 0 Å². The van der Waals surface area contributed by atoms with Crippen LogP contribution in [0.2, 0.25) is 0 Å². The molecule has 2 aromatic rings. The average Bonchev–Trinajstić information content (AvgIpc) is 2.70. The zero-order chi connectivity index (χ0) is 8.84. The van der Waals surface area contributed by atoms with Gasteiger partial charge in [0.15, 0.2) is 0 Å². The Morgan fingerprint density at radius 2 is 2.23 bits per heavy atom. The average molecular weight is 310 g/mol. The van der Waals surface area contributed by atoms with E-state index in [1.54, 1.807) is 6.26 Å². The maximum absolute atomic E-state index is 6.06. The molecule has 0 saturated heterocycles. The molecule has 0 bridgehead atoms. The summed E-state index contributed by atoms with van der Waals surface area (Å²) >= 11 is -2.00. The number of halogens is 1. The van der Waals surface area contributed by atoms with Crippen LogP contribution >= 0.6 is 8.96 Å². The Hall–Kier alpha value is -0.400. The van der Waals surface area contributed by atoms with E-state index in [0.717, 1.165) is 20.3 Å². The fourth-order valence-corrected chi connectivity index (χ4v) is 4.55. The second-order valence-electron chi connectivity index (χ2n) is 2.68. The number of furan rings is 1. The van der Waals surface area contributed by atoms with Crippen LogP contribution in [-0.2, 0) is 3.20 Å². The summed E-state index contributed by atoms with van der Waals surface area (Å²) in [5.74, 6) is 0. The summed E-state index contributed by atoms with van der Waals surface area (Å²) in [7, 11) is 6.06. The number of hydrogen-bond donors (Lipinski definition) is 1. The van der Waals surface area contributed by atoms with Crippen molar-refractivity contribution in [2.75, 3.05) is 5.48 Å². The van der Waals surface area contributed by atoms with Crippen molar-refractivity contribution in [2.45, 2.75) is 0 Å². The van der Waals surface area contributed by atoms with Crippen LogP contribution in [0.4, 0.5) is 5.69 Å². The Morgan fingerprint density at radius 3 is 3.15 bits per heavy atom. The van der Waals surface area contributed by atoms with Crippen molar-refractivity contribution < 1.29 is 7.62 Å². The molecule has 13 heavy (non-hydrogen) atoms. The van der Waals surface area contributed by atoms with E-state index in [1.807, 2.05) is 18.2 Å². The van der Waals surface area contributed by atoms with Crippen molar-refractivity contribution in [1.29, 1.82) is 0 Å². The quantitative estimate of drug-likeness (QED) is 0.753. The van der Waals surface area contributed by atoms with E-state index in [4.69, 9.17) is 16.6 Å². The maximum atomic E-state index is 6.06. The molecule has 0 atom stereocenters. The monoisotopic (exact) mass is 312 g/mol. The van der Waals surface area contributed by atoms with Crippen LogP contribution in [-0.4, -0.2) is 18.8 Å². The summed E-state index contributed by atoms with van der Waals surface area (Å²) in [5.41, 5.74) is 4.71. The molecule has 3 nitrogen and oxygen atoms in total. The van der Waals surface area contributed by atoms with E-state index < -0.39 is 18.8 Å². The van der Waals surface area contributed by atoms with Gasteiger partial charge in [-0.2, -0.15) is 0 Å². The molecule has 1 aliphatic rings. The molecule has 3 rings (SSSR count). The molecule has 5 heteroatoms. The van der Waals surface area contributed by atoms with Gasteiger partial charge in [0.25, 0.3) is 0 Å². The summed E-state index contributed by atoms with van der Waals surface area (Å²) < 4.78 is 11.6. The van der Waals surface area contributed by atoms with Crippen LogP contribution in [0, 0.1) is 0 Å². The topological polar surface area (TPSA) is 34.4 Å². The Labute approximate surface area is 85.5 Å². The molecule has 1 N–H and O–H groups in total. The minimum atomic E-state index is -2.00. The first-order valence-corrected chi connectivity index (χ1v) is 8.77. The van der Waals surface area contributed by atoms with E-state index in [-0.39, 0.29) is 0 Å². The van der Waals surface area contributed by atoms with Gasteiger partial charge in [0, 0.05) is 0 Å². The third-order valence-electron chi connectivity index (χ3n) is 1.99. The Kier molecular flexibility index (Phi) is 1.71. The molecule has 0 saturated carbocycles. The SMILES string of the molecule is Cl[Te+]1ONc2c1ccc1occc21. The Bertz CT molecular complexity index is 470. The van der Waals surface area contributed by atoms with Gasteiger partial charge in [-0.1, -0.05) is 0 Å². The standard InChI is InChI=1S/C8H5ClNO2Te/c9-13-7-2-1-6-5(3-4-11-6)8(7)10-12-13/h1-4,10H/q+1. The molecule has 1 aliphatic heterocycles. The minimum absolute atomic E-state index is 0.861. The molecule has 0 aliphatic carbocycles. The first kappa shape index (κ1) is 7.95. The van der Waals surface area contributed by atoms with Crippen LogP contribution in [0.5, 0.6) is 0 Å². The van der Waals surface area contributed by atoms with Crippen LogP contribution in [0.3, 0.4) is 0 Å². The second-order valence-corrected chi connectivity index (χ2v) is 7.57. The number of nitrogens with one attached hydrogen (secondary N) is 1. The predicted octanol–water partition coefficient (Wildman–Crippen LogP) is 1.72. The summed E-state index contributed by atoms with van der Waals surface area (Å²) in [4.78, 5) is 0. The number of hydrogen-bond acceptors (Lipinski definition) is 3. The molecule has 0 amide bonds. The van der Waals surface area contributed by atoms with E-state index in [1.165, 1.54) is 0 Å². The zero-order valence-electron chi connectivity index (χ0n) is 6.41. The zero-order valence-corrected chi connectivity index (χ0v) is 9.50. The predicted molar refractivity (Wildman–Crippen MR) is 52.2 cm³/mol. The Balaban J connectivity index is 2.39. The van der Waals surface area contributed by atoms with Gasteiger partial charge in [-0.25, -0.2) is 0 Å². The van der Waals surface area contributed by atoms with Gasteiger partial charge in [0.05, 0.1) is 0 Å². The molecule has 66 valence electrons. The van der Waals surface area contributed by atoms with Crippen LogP contribution in [0.25, 0.3) is 11.0 Å². The van der Waals surface area contributed by atoms with Crippen molar-refractivity contribution in [3.8, 4) is 0 Å². The van der Waals surface area contributed by atoms with E-state index >= 15 is 0 Å². The molecule has 0 spiro atoms. The molecule has 1 aromatic carbocycles. The van der Waals surface area contributed by atoms with Crippen LogP contribution in [0.15, 0.2) is 28.9 Å². The fraction of sp³-hybridized carbons (Fsp3) is 0. The molecule has 1 aromatic heterocycles. The van der Waals surface area contributed by atoms with Crippen molar-refractivity contribution in [1.82, 2.24) is 0 Å². The normalized spacial score (nSPS) is 16.1. The van der Waals surface area contributed by atoms with Gasteiger partial charge in [0.1, 0.15) is 0 Å². The summed E-state index contributed by atoms with van der Waals surface area (Å²) in [6, 6.07) is 5.82. The van der Waals surface area contributed by atoms with Gasteiger partial charge < -0.3 is 0 Å². The summed E-state index contributed by atoms with van der Waals surface area (Å²) in [5, 5.41) is 1.04. The second kappa shape index (κ2) is 2.79. The molecule has 2 heterocycles. The van der Waals surface area contributed by atoms with Crippen LogP contribution < -0.4 is 9.09 Å².